The van der Waals surface area contributed by atoms with Gasteiger partial charge in [0, 0.05) is 45.5 Å². The van der Waals surface area contributed by atoms with Gasteiger partial charge in [-0.05, 0) is 24.5 Å². The summed E-state index contributed by atoms with van der Waals surface area (Å²) >= 11 is 6.23. The molecule has 1 aliphatic rings. The predicted molar refractivity (Wildman–Crippen MR) is 100 cm³/mol. The summed E-state index contributed by atoms with van der Waals surface area (Å²) in [6.45, 7) is 8.30. The van der Waals surface area contributed by atoms with Crippen LogP contribution in [0.15, 0.2) is 23.3 Å². The molecule has 0 spiro atoms. The number of rotatable bonds is 7. The molecule has 1 aromatic rings. The number of anilines is 1. The van der Waals surface area contributed by atoms with E-state index < -0.39 is 0 Å². The minimum absolute atomic E-state index is 0.325. The molecule has 0 saturated carbocycles. The SMILES string of the molecule is CN=C(NCCOCC(C)C)NC1CCN(c2ncccc2Cl)C1. The molecule has 0 amide bonds. The molecule has 2 heterocycles. The number of guanidine groups is 1. The molecule has 1 aliphatic heterocycles. The highest BCUT2D eigenvalue weighted by atomic mass is 35.5. The highest BCUT2D eigenvalue weighted by Crippen LogP contribution is 2.25. The zero-order valence-corrected chi connectivity index (χ0v) is 15.5. The van der Waals surface area contributed by atoms with Crippen LogP contribution in [0, 0.1) is 5.92 Å². The monoisotopic (exact) mass is 353 g/mol. The van der Waals surface area contributed by atoms with Crippen LogP contribution < -0.4 is 15.5 Å². The molecule has 24 heavy (non-hydrogen) atoms. The van der Waals surface area contributed by atoms with Gasteiger partial charge in [-0.1, -0.05) is 25.4 Å². The Morgan fingerprint density at radius 1 is 1.54 bits per heavy atom. The van der Waals surface area contributed by atoms with E-state index in [1.807, 2.05) is 12.1 Å². The third-order valence-corrected chi connectivity index (χ3v) is 4.08. The number of hydrogen-bond donors (Lipinski definition) is 2. The van der Waals surface area contributed by atoms with E-state index in [0.29, 0.717) is 23.6 Å². The van der Waals surface area contributed by atoms with Gasteiger partial charge in [-0.2, -0.15) is 0 Å². The van der Waals surface area contributed by atoms with E-state index in [4.69, 9.17) is 16.3 Å². The molecule has 6 nitrogen and oxygen atoms in total. The van der Waals surface area contributed by atoms with Crippen LogP contribution >= 0.6 is 11.6 Å². The van der Waals surface area contributed by atoms with Gasteiger partial charge < -0.3 is 20.3 Å². The molecule has 0 radical (unpaired) electrons. The van der Waals surface area contributed by atoms with Crippen molar-refractivity contribution < 1.29 is 4.74 Å². The molecule has 1 saturated heterocycles. The molecule has 0 aromatic carbocycles. The van der Waals surface area contributed by atoms with Crippen molar-refractivity contribution in [1.82, 2.24) is 15.6 Å². The first-order chi connectivity index (χ1) is 11.6. The molecule has 1 aromatic heterocycles. The average molecular weight is 354 g/mol. The fraction of sp³-hybridized carbons (Fsp3) is 0.647. The molecule has 1 unspecified atom stereocenters. The molecular formula is C17H28ClN5O. The first-order valence-corrected chi connectivity index (χ1v) is 8.88. The van der Waals surface area contributed by atoms with Crippen molar-refractivity contribution in [1.29, 1.82) is 0 Å². The molecule has 1 atom stereocenters. The number of aromatic nitrogens is 1. The molecular weight excluding hydrogens is 326 g/mol. The van der Waals surface area contributed by atoms with Gasteiger partial charge in [-0.3, -0.25) is 4.99 Å². The Bertz CT molecular complexity index is 537. The van der Waals surface area contributed by atoms with Gasteiger partial charge in [-0.15, -0.1) is 0 Å². The fourth-order valence-corrected chi connectivity index (χ4v) is 2.87. The van der Waals surface area contributed by atoms with Crippen LogP contribution in [-0.4, -0.2) is 56.9 Å². The quantitative estimate of drug-likeness (QED) is 0.447. The molecule has 2 N–H and O–H groups in total. The number of ether oxygens (including phenoxy) is 1. The van der Waals surface area contributed by atoms with E-state index >= 15 is 0 Å². The molecule has 0 aliphatic carbocycles. The third kappa shape index (κ3) is 5.83. The van der Waals surface area contributed by atoms with Crippen LogP contribution in [0.1, 0.15) is 20.3 Å². The predicted octanol–water partition coefficient (Wildman–Crippen LogP) is 2.15. The highest BCUT2D eigenvalue weighted by Gasteiger charge is 2.25. The molecule has 7 heteroatoms. The lowest BCUT2D eigenvalue weighted by Crippen LogP contribution is -2.45. The second-order valence-corrected chi connectivity index (χ2v) is 6.76. The molecule has 134 valence electrons. The van der Waals surface area contributed by atoms with Gasteiger partial charge in [0.15, 0.2) is 5.96 Å². The van der Waals surface area contributed by atoms with Gasteiger partial charge in [0.1, 0.15) is 5.82 Å². The van der Waals surface area contributed by atoms with Crippen LogP contribution in [0.25, 0.3) is 0 Å². The van der Waals surface area contributed by atoms with E-state index in [-0.39, 0.29) is 0 Å². The zero-order chi connectivity index (χ0) is 17.4. The summed E-state index contributed by atoms with van der Waals surface area (Å²) < 4.78 is 5.57. The van der Waals surface area contributed by atoms with Crippen LogP contribution in [-0.2, 0) is 4.74 Å². The maximum Gasteiger partial charge on any atom is 0.191 e. The van der Waals surface area contributed by atoms with Gasteiger partial charge >= 0.3 is 0 Å². The van der Waals surface area contributed by atoms with Gasteiger partial charge in [0.05, 0.1) is 11.6 Å². The highest BCUT2D eigenvalue weighted by molar-refractivity contribution is 6.32. The lowest BCUT2D eigenvalue weighted by molar-refractivity contribution is 0.114. The first-order valence-electron chi connectivity index (χ1n) is 8.50. The number of halogens is 1. The molecule has 2 rings (SSSR count). The average Bonchev–Trinajstić information content (AvgIpc) is 3.02. The summed E-state index contributed by atoms with van der Waals surface area (Å²) in [5.41, 5.74) is 0. The lowest BCUT2D eigenvalue weighted by atomic mass is 10.2. The van der Waals surface area contributed by atoms with Crippen molar-refractivity contribution in [3.63, 3.8) is 0 Å². The minimum atomic E-state index is 0.325. The summed E-state index contributed by atoms with van der Waals surface area (Å²) in [7, 11) is 1.78. The van der Waals surface area contributed by atoms with Crippen LogP contribution in [0.3, 0.4) is 0 Å². The number of nitrogens with one attached hydrogen (secondary N) is 2. The van der Waals surface area contributed by atoms with Crippen molar-refractivity contribution in [2.45, 2.75) is 26.3 Å². The van der Waals surface area contributed by atoms with E-state index in [1.54, 1.807) is 13.2 Å². The normalized spacial score (nSPS) is 18.3. The molecule has 1 fully saturated rings. The summed E-state index contributed by atoms with van der Waals surface area (Å²) in [6.07, 6.45) is 2.80. The molecule has 0 bridgehead atoms. The Labute approximate surface area is 149 Å². The fourth-order valence-electron chi connectivity index (χ4n) is 2.63. The summed E-state index contributed by atoms with van der Waals surface area (Å²) in [5, 5.41) is 7.44. The minimum Gasteiger partial charge on any atom is -0.379 e. The maximum absolute atomic E-state index is 6.23. The first kappa shape index (κ1) is 18.8. The van der Waals surface area contributed by atoms with E-state index in [9.17, 15) is 0 Å². The van der Waals surface area contributed by atoms with Gasteiger partial charge in [-0.25, -0.2) is 4.98 Å². The summed E-state index contributed by atoms with van der Waals surface area (Å²) in [5.74, 6) is 2.22. The maximum atomic E-state index is 6.23. The number of aliphatic imine (C=N–C) groups is 1. The van der Waals surface area contributed by atoms with Gasteiger partial charge in [0.2, 0.25) is 0 Å². The number of nitrogens with zero attached hydrogens (tertiary/aromatic N) is 3. The summed E-state index contributed by atoms with van der Waals surface area (Å²) in [4.78, 5) is 10.9. The largest absolute Gasteiger partial charge is 0.379 e. The Kier molecular flexibility index (Phi) is 7.59. The van der Waals surface area contributed by atoms with Crippen LogP contribution in [0.2, 0.25) is 5.02 Å². The standard InChI is InChI=1S/C17H28ClN5O/c1-13(2)12-24-10-8-21-17(19-3)22-14-6-9-23(11-14)16-15(18)5-4-7-20-16/h4-5,7,13-14H,6,8-12H2,1-3H3,(H2,19,21,22). The second kappa shape index (κ2) is 9.69. The van der Waals surface area contributed by atoms with Crippen molar-refractivity contribution >= 4 is 23.4 Å². The van der Waals surface area contributed by atoms with E-state index in [2.05, 4.69) is 39.4 Å². The summed E-state index contributed by atoms with van der Waals surface area (Å²) in [6, 6.07) is 4.05. The van der Waals surface area contributed by atoms with Crippen molar-refractivity contribution in [2.75, 3.05) is 44.8 Å². The topological polar surface area (TPSA) is 61.8 Å². The van der Waals surface area contributed by atoms with Crippen LogP contribution in [0.5, 0.6) is 0 Å². The Morgan fingerprint density at radius 2 is 2.38 bits per heavy atom. The third-order valence-electron chi connectivity index (χ3n) is 3.78. The Hall–Kier alpha value is -1.53. The second-order valence-electron chi connectivity index (χ2n) is 6.35. The Morgan fingerprint density at radius 3 is 3.08 bits per heavy atom. The van der Waals surface area contributed by atoms with Crippen molar-refractivity contribution in [3.05, 3.63) is 23.4 Å². The van der Waals surface area contributed by atoms with Crippen LogP contribution in [0.4, 0.5) is 5.82 Å². The van der Waals surface area contributed by atoms with Crippen molar-refractivity contribution in [3.8, 4) is 0 Å². The number of hydrogen-bond acceptors (Lipinski definition) is 4. The van der Waals surface area contributed by atoms with Crippen molar-refractivity contribution in [2.24, 2.45) is 10.9 Å². The van der Waals surface area contributed by atoms with Gasteiger partial charge in [0.25, 0.3) is 0 Å². The number of pyridine rings is 1. The van der Waals surface area contributed by atoms with E-state index in [0.717, 1.165) is 44.4 Å². The van der Waals surface area contributed by atoms with E-state index in [1.165, 1.54) is 0 Å². The Balaban J connectivity index is 1.74. The zero-order valence-electron chi connectivity index (χ0n) is 14.8. The lowest BCUT2D eigenvalue weighted by Gasteiger charge is -2.20. The smallest absolute Gasteiger partial charge is 0.191 e.